The Bertz CT molecular complexity index is 459. The average molecular weight is 276 g/mol. The summed E-state index contributed by atoms with van der Waals surface area (Å²) in [6.45, 7) is 3.40. The largest absolute Gasteiger partial charge is 0.445 e. The normalized spacial score (nSPS) is 23.6. The van der Waals surface area contributed by atoms with Crippen molar-refractivity contribution in [1.82, 2.24) is 9.80 Å². The molecule has 20 heavy (non-hydrogen) atoms. The van der Waals surface area contributed by atoms with Crippen LogP contribution < -0.4 is 0 Å². The number of likely N-dealkylation sites (tertiary alicyclic amines) is 2. The van der Waals surface area contributed by atoms with E-state index in [2.05, 4.69) is 4.90 Å². The van der Waals surface area contributed by atoms with Crippen molar-refractivity contribution in [2.75, 3.05) is 26.2 Å². The Hall–Kier alpha value is -1.59. The zero-order valence-corrected chi connectivity index (χ0v) is 11.4. The number of hydrogen-bond donors (Lipinski definition) is 1. The van der Waals surface area contributed by atoms with Crippen LogP contribution in [0.1, 0.15) is 12.0 Å². The summed E-state index contributed by atoms with van der Waals surface area (Å²) in [6.07, 6.45) is 0.397. The topological polar surface area (TPSA) is 53.0 Å². The van der Waals surface area contributed by atoms with E-state index in [0.29, 0.717) is 25.7 Å². The van der Waals surface area contributed by atoms with E-state index in [1.54, 1.807) is 4.90 Å². The lowest BCUT2D eigenvalue weighted by Crippen LogP contribution is -2.60. The molecule has 0 bridgehead atoms. The molecule has 0 spiro atoms. The molecule has 0 unspecified atom stereocenters. The number of hydrogen-bond acceptors (Lipinski definition) is 4. The van der Waals surface area contributed by atoms with E-state index in [-0.39, 0.29) is 12.2 Å². The fraction of sp³-hybridized carbons (Fsp3) is 0.533. The minimum absolute atomic E-state index is 0.200. The van der Waals surface area contributed by atoms with E-state index in [1.165, 1.54) is 0 Å². The van der Waals surface area contributed by atoms with Crippen molar-refractivity contribution in [3.63, 3.8) is 0 Å². The summed E-state index contributed by atoms with van der Waals surface area (Å²) in [5.74, 6) is 0. The Labute approximate surface area is 118 Å². The minimum atomic E-state index is -0.246. The van der Waals surface area contributed by atoms with Crippen molar-refractivity contribution in [3.8, 4) is 0 Å². The van der Waals surface area contributed by atoms with Crippen LogP contribution in [0.2, 0.25) is 0 Å². The van der Waals surface area contributed by atoms with Crippen molar-refractivity contribution >= 4 is 6.09 Å². The van der Waals surface area contributed by atoms with Crippen molar-refractivity contribution < 1.29 is 14.6 Å². The molecule has 1 N–H and O–H groups in total. The zero-order valence-electron chi connectivity index (χ0n) is 11.4. The Morgan fingerprint density at radius 3 is 2.65 bits per heavy atom. The van der Waals surface area contributed by atoms with Crippen LogP contribution >= 0.6 is 0 Å². The standard InChI is InChI=1S/C15H20N2O3/c18-14-6-7-16(10-14)13-8-17(9-13)15(19)20-11-12-4-2-1-3-5-12/h1-5,13-14,18H,6-11H2/t14-/m1/s1. The molecule has 5 nitrogen and oxygen atoms in total. The number of carbonyl (C=O) groups excluding carboxylic acids is 1. The molecule has 2 fully saturated rings. The smallest absolute Gasteiger partial charge is 0.410 e. The molecule has 0 aromatic heterocycles. The van der Waals surface area contributed by atoms with Gasteiger partial charge in [0.25, 0.3) is 0 Å². The highest BCUT2D eigenvalue weighted by Crippen LogP contribution is 2.21. The lowest BCUT2D eigenvalue weighted by atomic mass is 10.1. The van der Waals surface area contributed by atoms with Crippen LogP contribution in [-0.4, -0.2) is 59.3 Å². The van der Waals surface area contributed by atoms with Crippen molar-refractivity contribution in [2.45, 2.75) is 25.2 Å². The van der Waals surface area contributed by atoms with Crippen molar-refractivity contribution in [2.24, 2.45) is 0 Å². The SMILES string of the molecule is O=C(OCc1ccccc1)N1CC(N2CC[C@@H](O)C2)C1. The summed E-state index contributed by atoms with van der Waals surface area (Å²) in [5, 5.41) is 9.51. The first-order valence-corrected chi connectivity index (χ1v) is 7.10. The molecule has 0 radical (unpaired) electrons. The average Bonchev–Trinajstić information content (AvgIpc) is 2.82. The summed E-state index contributed by atoms with van der Waals surface area (Å²) in [5.41, 5.74) is 1.00. The van der Waals surface area contributed by atoms with E-state index < -0.39 is 0 Å². The molecular formula is C15H20N2O3. The second kappa shape index (κ2) is 5.81. The molecule has 0 saturated carbocycles. The Morgan fingerprint density at radius 1 is 1.25 bits per heavy atom. The van der Waals surface area contributed by atoms with Gasteiger partial charge in [-0.05, 0) is 12.0 Å². The molecule has 1 aromatic carbocycles. The first-order chi connectivity index (χ1) is 9.72. The lowest BCUT2D eigenvalue weighted by Gasteiger charge is -2.43. The highest BCUT2D eigenvalue weighted by molar-refractivity contribution is 5.68. The van der Waals surface area contributed by atoms with Crippen LogP contribution in [0.5, 0.6) is 0 Å². The van der Waals surface area contributed by atoms with E-state index in [9.17, 15) is 9.90 Å². The molecule has 0 aliphatic carbocycles. The third kappa shape index (κ3) is 2.94. The van der Waals surface area contributed by atoms with Gasteiger partial charge in [0.15, 0.2) is 0 Å². The van der Waals surface area contributed by atoms with Gasteiger partial charge in [-0.3, -0.25) is 4.90 Å². The lowest BCUT2D eigenvalue weighted by molar-refractivity contribution is 0.0229. The molecule has 1 amide bonds. The fourth-order valence-electron chi connectivity index (χ4n) is 2.75. The number of benzene rings is 1. The van der Waals surface area contributed by atoms with Crippen molar-refractivity contribution in [1.29, 1.82) is 0 Å². The van der Waals surface area contributed by atoms with Gasteiger partial charge in [-0.1, -0.05) is 30.3 Å². The first-order valence-electron chi connectivity index (χ1n) is 7.10. The van der Waals surface area contributed by atoms with Gasteiger partial charge in [0.05, 0.1) is 6.10 Å². The molecule has 5 heteroatoms. The fourth-order valence-corrected chi connectivity index (χ4v) is 2.75. The zero-order chi connectivity index (χ0) is 13.9. The van der Waals surface area contributed by atoms with Crippen LogP contribution in [0.25, 0.3) is 0 Å². The summed E-state index contributed by atoms with van der Waals surface area (Å²) in [7, 11) is 0. The number of rotatable bonds is 3. The minimum Gasteiger partial charge on any atom is -0.445 e. The van der Waals surface area contributed by atoms with Crippen molar-refractivity contribution in [3.05, 3.63) is 35.9 Å². The number of carbonyl (C=O) groups is 1. The van der Waals surface area contributed by atoms with E-state index in [0.717, 1.165) is 25.1 Å². The van der Waals surface area contributed by atoms with Gasteiger partial charge in [0.2, 0.25) is 0 Å². The van der Waals surface area contributed by atoms with Gasteiger partial charge in [-0.15, -0.1) is 0 Å². The summed E-state index contributed by atoms with van der Waals surface area (Å²) in [6, 6.07) is 10.1. The number of β-amino-alcohol motifs (C(OH)–C–C–N with tert-alkyl or cyclic N) is 1. The number of aliphatic hydroxyl groups excluding tert-OH is 1. The monoisotopic (exact) mass is 276 g/mol. The third-order valence-electron chi connectivity index (χ3n) is 4.04. The highest BCUT2D eigenvalue weighted by Gasteiger charge is 2.38. The molecular weight excluding hydrogens is 256 g/mol. The number of amides is 1. The van der Waals surface area contributed by atoms with Gasteiger partial charge in [-0.2, -0.15) is 0 Å². The first kappa shape index (κ1) is 13.4. The van der Waals surface area contributed by atoms with Crippen LogP contribution in [-0.2, 0) is 11.3 Å². The molecule has 2 heterocycles. The van der Waals surface area contributed by atoms with Gasteiger partial charge in [0.1, 0.15) is 6.61 Å². The van der Waals surface area contributed by atoms with Crippen LogP contribution in [0, 0.1) is 0 Å². The predicted molar refractivity (Wildman–Crippen MR) is 74.2 cm³/mol. The molecule has 108 valence electrons. The maximum Gasteiger partial charge on any atom is 0.410 e. The molecule has 1 aromatic rings. The molecule has 2 aliphatic rings. The van der Waals surface area contributed by atoms with Gasteiger partial charge in [-0.25, -0.2) is 4.79 Å². The van der Waals surface area contributed by atoms with Gasteiger partial charge < -0.3 is 14.7 Å². The summed E-state index contributed by atoms with van der Waals surface area (Å²) >= 11 is 0. The second-order valence-corrected chi connectivity index (χ2v) is 5.54. The Kier molecular flexibility index (Phi) is 3.89. The van der Waals surface area contributed by atoms with Gasteiger partial charge >= 0.3 is 6.09 Å². The van der Waals surface area contributed by atoms with Crippen LogP contribution in [0.3, 0.4) is 0 Å². The third-order valence-corrected chi connectivity index (χ3v) is 4.04. The quantitative estimate of drug-likeness (QED) is 0.897. The molecule has 1 atom stereocenters. The highest BCUT2D eigenvalue weighted by atomic mass is 16.6. The van der Waals surface area contributed by atoms with E-state index >= 15 is 0 Å². The van der Waals surface area contributed by atoms with Crippen LogP contribution in [0.4, 0.5) is 4.79 Å². The number of nitrogens with zero attached hydrogens (tertiary/aromatic N) is 2. The number of ether oxygens (including phenoxy) is 1. The van der Waals surface area contributed by atoms with E-state index in [4.69, 9.17) is 4.74 Å². The second-order valence-electron chi connectivity index (χ2n) is 5.54. The maximum absolute atomic E-state index is 11.9. The van der Waals surface area contributed by atoms with Crippen LogP contribution in [0.15, 0.2) is 30.3 Å². The number of aliphatic hydroxyl groups is 1. The van der Waals surface area contributed by atoms with E-state index in [1.807, 2.05) is 30.3 Å². The molecule has 3 rings (SSSR count). The summed E-state index contributed by atoms with van der Waals surface area (Å²) in [4.78, 5) is 15.8. The summed E-state index contributed by atoms with van der Waals surface area (Å²) < 4.78 is 5.28. The maximum atomic E-state index is 11.9. The molecule has 2 saturated heterocycles. The Balaban J connectivity index is 1.40. The Morgan fingerprint density at radius 2 is 2.00 bits per heavy atom. The van der Waals surface area contributed by atoms with Gasteiger partial charge in [0, 0.05) is 32.2 Å². The predicted octanol–water partition coefficient (Wildman–Crippen LogP) is 1.07. The molecule has 2 aliphatic heterocycles.